The number of nitrogens with zero attached hydrogens (tertiary/aromatic N) is 4. The highest BCUT2D eigenvalue weighted by molar-refractivity contribution is 14.1. The minimum Gasteiger partial charge on any atom is -0.369 e. The summed E-state index contributed by atoms with van der Waals surface area (Å²) < 4.78 is 1.07. The van der Waals surface area contributed by atoms with Crippen LogP contribution in [0, 0.1) is 3.57 Å². The summed E-state index contributed by atoms with van der Waals surface area (Å²) in [6.45, 7) is 7.13. The van der Waals surface area contributed by atoms with Crippen LogP contribution in [0.3, 0.4) is 0 Å². The van der Waals surface area contributed by atoms with Gasteiger partial charge in [-0.25, -0.2) is 15.0 Å². The third kappa shape index (κ3) is 3.17. The molecule has 0 radical (unpaired) electrons. The number of nitrogens with one attached hydrogen (secondary N) is 1. The van der Waals surface area contributed by atoms with Gasteiger partial charge in [0.15, 0.2) is 5.82 Å². The molecule has 19 heavy (non-hydrogen) atoms. The highest BCUT2D eigenvalue weighted by Crippen LogP contribution is 2.27. The minimum atomic E-state index is 0.336. The second-order valence-corrected chi connectivity index (χ2v) is 5.45. The van der Waals surface area contributed by atoms with Crippen LogP contribution < -0.4 is 5.32 Å². The molecule has 5 nitrogen and oxygen atoms in total. The fraction of sp³-hybridized carbons (Fsp3) is 0.385. The maximum atomic E-state index is 4.62. The van der Waals surface area contributed by atoms with Gasteiger partial charge in [-0.1, -0.05) is 13.8 Å². The van der Waals surface area contributed by atoms with Gasteiger partial charge in [-0.15, -0.1) is 0 Å². The van der Waals surface area contributed by atoms with Crippen LogP contribution in [0.4, 0.5) is 5.82 Å². The molecule has 6 heteroatoms. The van der Waals surface area contributed by atoms with Gasteiger partial charge in [0, 0.05) is 18.9 Å². The van der Waals surface area contributed by atoms with E-state index >= 15 is 0 Å². The van der Waals surface area contributed by atoms with E-state index in [-0.39, 0.29) is 0 Å². The molecule has 2 aromatic rings. The van der Waals surface area contributed by atoms with Crippen LogP contribution in [0.15, 0.2) is 18.6 Å². The zero-order valence-electron chi connectivity index (χ0n) is 11.2. The first-order valence-corrected chi connectivity index (χ1v) is 7.29. The molecule has 1 N–H and O–H groups in total. The van der Waals surface area contributed by atoms with Crippen LogP contribution in [-0.4, -0.2) is 26.5 Å². The fourth-order valence-electron chi connectivity index (χ4n) is 1.66. The normalized spacial score (nSPS) is 10.8. The molecule has 0 fully saturated rings. The molecule has 0 bridgehead atoms. The summed E-state index contributed by atoms with van der Waals surface area (Å²) in [6, 6.07) is 0. The molecule has 0 aliphatic rings. The van der Waals surface area contributed by atoms with E-state index < -0.39 is 0 Å². The van der Waals surface area contributed by atoms with Gasteiger partial charge in [-0.3, -0.25) is 4.98 Å². The lowest BCUT2D eigenvalue weighted by molar-refractivity contribution is 0.807. The highest BCUT2D eigenvalue weighted by Gasteiger charge is 2.16. The molecule has 0 saturated heterocycles. The first-order valence-electron chi connectivity index (χ1n) is 6.21. The molecule has 2 heterocycles. The molecule has 0 saturated carbocycles. The van der Waals surface area contributed by atoms with E-state index in [2.05, 4.69) is 68.6 Å². The Balaban J connectivity index is 2.56. The summed E-state index contributed by atoms with van der Waals surface area (Å²) >= 11 is 2.29. The number of aromatic nitrogens is 4. The van der Waals surface area contributed by atoms with Gasteiger partial charge in [-0.05, 0) is 35.4 Å². The van der Waals surface area contributed by atoms with Crippen molar-refractivity contribution in [2.45, 2.75) is 26.7 Å². The average Bonchev–Trinajstić information content (AvgIpc) is 2.42. The molecular weight excluding hydrogens is 353 g/mol. The third-order valence-electron chi connectivity index (χ3n) is 2.56. The quantitative estimate of drug-likeness (QED) is 0.840. The Hall–Kier alpha value is -1.31. The van der Waals surface area contributed by atoms with Crippen LogP contribution in [0.1, 0.15) is 32.4 Å². The average molecular weight is 369 g/mol. The third-order valence-corrected chi connectivity index (χ3v) is 3.62. The van der Waals surface area contributed by atoms with Crippen molar-refractivity contribution >= 4 is 28.4 Å². The van der Waals surface area contributed by atoms with Crippen LogP contribution in [0.2, 0.25) is 0 Å². The molecule has 0 aliphatic heterocycles. The van der Waals surface area contributed by atoms with Crippen LogP contribution in [0.5, 0.6) is 0 Å². The Morgan fingerprint density at radius 2 is 2.05 bits per heavy atom. The van der Waals surface area contributed by atoms with Crippen molar-refractivity contribution in [1.29, 1.82) is 0 Å². The van der Waals surface area contributed by atoms with Gasteiger partial charge >= 0.3 is 0 Å². The standard InChI is InChI=1S/C13H16IN5/c1-4-16-13-10(14)11(8(2)3)18-12(19-13)9-7-15-5-6-17-9/h5-8H,4H2,1-3H3,(H,16,18,19). The summed E-state index contributed by atoms with van der Waals surface area (Å²) in [5.41, 5.74) is 1.73. The fourth-order valence-corrected chi connectivity index (χ4v) is 2.72. The van der Waals surface area contributed by atoms with Crippen molar-refractivity contribution < 1.29 is 0 Å². The molecule has 2 aromatic heterocycles. The number of rotatable bonds is 4. The SMILES string of the molecule is CCNc1nc(-c2cnccn2)nc(C(C)C)c1I. The van der Waals surface area contributed by atoms with Gasteiger partial charge in [0.25, 0.3) is 0 Å². The number of hydrogen-bond acceptors (Lipinski definition) is 5. The zero-order valence-corrected chi connectivity index (χ0v) is 13.3. The monoisotopic (exact) mass is 369 g/mol. The van der Waals surface area contributed by atoms with Crippen molar-refractivity contribution in [1.82, 2.24) is 19.9 Å². The lowest BCUT2D eigenvalue weighted by atomic mass is 10.1. The predicted molar refractivity (Wildman–Crippen MR) is 84.0 cm³/mol. The molecule has 100 valence electrons. The highest BCUT2D eigenvalue weighted by atomic mass is 127. The zero-order chi connectivity index (χ0) is 13.8. The number of halogens is 1. The van der Waals surface area contributed by atoms with E-state index in [1.165, 1.54) is 0 Å². The molecular formula is C13H16IN5. The van der Waals surface area contributed by atoms with E-state index in [4.69, 9.17) is 0 Å². The first kappa shape index (κ1) is 14.1. The molecule has 0 amide bonds. The predicted octanol–water partition coefficient (Wildman–Crippen LogP) is 3.09. The summed E-state index contributed by atoms with van der Waals surface area (Å²) in [5.74, 6) is 1.82. The second kappa shape index (κ2) is 6.23. The van der Waals surface area contributed by atoms with Crippen molar-refractivity contribution in [3.05, 3.63) is 27.9 Å². The molecule has 0 aliphatic carbocycles. The molecule has 0 atom stereocenters. The van der Waals surface area contributed by atoms with Crippen molar-refractivity contribution in [3.63, 3.8) is 0 Å². The Labute approximate surface area is 126 Å². The molecule has 0 spiro atoms. The Kier molecular flexibility index (Phi) is 4.62. The Bertz CT molecular complexity index is 556. The van der Waals surface area contributed by atoms with Crippen LogP contribution in [-0.2, 0) is 0 Å². The first-order chi connectivity index (χ1) is 9.13. The van der Waals surface area contributed by atoms with Gasteiger partial charge in [0.2, 0.25) is 0 Å². The van der Waals surface area contributed by atoms with E-state index in [0.29, 0.717) is 17.4 Å². The van der Waals surface area contributed by atoms with E-state index in [9.17, 15) is 0 Å². The lowest BCUT2D eigenvalue weighted by Crippen LogP contribution is -2.09. The molecule has 0 unspecified atom stereocenters. The van der Waals surface area contributed by atoms with Gasteiger partial charge in [-0.2, -0.15) is 0 Å². The van der Waals surface area contributed by atoms with E-state index in [0.717, 1.165) is 21.6 Å². The maximum absolute atomic E-state index is 4.62. The maximum Gasteiger partial charge on any atom is 0.182 e. The van der Waals surface area contributed by atoms with Crippen molar-refractivity contribution in [2.75, 3.05) is 11.9 Å². The van der Waals surface area contributed by atoms with Crippen LogP contribution >= 0.6 is 22.6 Å². The summed E-state index contributed by atoms with van der Waals surface area (Å²) in [7, 11) is 0. The minimum absolute atomic E-state index is 0.336. The largest absolute Gasteiger partial charge is 0.369 e. The van der Waals surface area contributed by atoms with Gasteiger partial charge in [0.05, 0.1) is 15.5 Å². The topological polar surface area (TPSA) is 63.6 Å². The van der Waals surface area contributed by atoms with E-state index in [1.807, 2.05) is 0 Å². The number of anilines is 1. The van der Waals surface area contributed by atoms with Crippen molar-refractivity contribution in [2.24, 2.45) is 0 Å². The van der Waals surface area contributed by atoms with Crippen LogP contribution in [0.25, 0.3) is 11.5 Å². The molecule has 0 aromatic carbocycles. The summed E-state index contributed by atoms with van der Waals surface area (Å²) in [4.78, 5) is 17.5. The van der Waals surface area contributed by atoms with Crippen molar-refractivity contribution in [3.8, 4) is 11.5 Å². The van der Waals surface area contributed by atoms with Gasteiger partial charge in [0.1, 0.15) is 11.5 Å². The molecule has 2 rings (SSSR count). The Morgan fingerprint density at radius 1 is 1.26 bits per heavy atom. The van der Waals surface area contributed by atoms with Gasteiger partial charge < -0.3 is 5.32 Å². The number of hydrogen-bond donors (Lipinski definition) is 1. The Morgan fingerprint density at radius 3 is 2.63 bits per heavy atom. The van der Waals surface area contributed by atoms with E-state index in [1.54, 1.807) is 18.6 Å². The summed E-state index contributed by atoms with van der Waals surface area (Å²) in [6.07, 6.45) is 4.98. The smallest absolute Gasteiger partial charge is 0.182 e. The summed E-state index contributed by atoms with van der Waals surface area (Å²) in [5, 5.41) is 3.27. The lowest BCUT2D eigenvalue weighted by Gasteiger charge is -2.13. The second-order valence-electron chi connectivity index (χ2n) is 4.37.